The van der Waals surface area contributed by atoms with Crippen molar-refractivity contribution in [3.8, 4) is 0 Å². The Morgan fingerprint density at radius 1 is 1.39 bits per heavy atom. The molecule has 0 spiro atoms. The quantitative estimate of drug-likeness (QED) is 0.468. The molecule has 1 unspecified atom stereocenters. The van der Waals surface area contributed by atoms with Crippen LogP contribution in [0, 0.1) is 10.1 Å². The number of nitrogens with zero attached hydrogens (tertiary/aromatic N) is 2. The van der Waals surface area contributed by atoms with E-state index in [-0.39, 0.29) is 23.7 Å². The second kappa shape index (κ2) is 7.02. The molecule has 1 heterocycles. The number of methoxy groups -OCH3 is 1. The van der Waals surface area contributed by atoms with Crippen molar-refractivity contribution in [1.82, 2.24) is 9.62 Å². The summed E-state index contributed by atoms with van der Waals surface area (Å²) >= 11 is 0. The zero-order valence-electron chi connectivity index (χ0n) is 12.5. The number of nitro groups is 1. The highest BCUT2D eigenvalue weighted by atomic mass is 32.2. The molecule has 23 heavy (non-hydrogen) atoms. The summed E-state index contributed by atoms with van der Waals surface area (Å²) < 4.78 is 31.3. The Kier molecular flexibility index (Phi) is 5.29. The normalized spacial score (nSPS) is 19.8. The van der Waals surface area contributed by atoms with E-state index in [1.54, 1.807) is 0 Å². The minimum atomic E-state index is -3.96. The van der Waals surface area contributed by atoms with Crippen molar-refractivity contribution >= 4 is 21.7 Å². The summed E-state index contributed by atoms with van der Waals surface area (Å²) in [5, 5.41) is 13.7. The SMILES string of the molecule is COC(=O)C1CNCCCN1S(=O)(=O)c1ccc([N+](=O)[O-])cc1. The van der Waals surface area contributed by atoms with E-state index in [0.717, 1.165) is 16.4 Å². The number of hydrogen-bond acceptors (Lipinski definition) is 7. The first-order valence-corrected chi connectivity index (χ1v) is 8.37. The third-order valence-corrected chi connectivity index (χ3v) is 5.47. The zero-order valence-corrected chi connectivity index (χ0v) is 13.3. The molecule has 1 aromatic rings. The number of sulfonamides is 1. The molecule has 0 amide bonds. The maximum absolute atomic E-state index is 12.8. The summed E-state index contributed by atoms with van der Waals surface area (Å²) in [4.78, 5) is 21.9. The predicted octanol–water partition coefficient (Wildman–Crippen LogP) is 0.120. The number of non-ortho nitro benzene ring substituents is 1. The molecule has 126 valence electrons. The Balaban J connectivity index is 2.38. The van der Waals surface area contributed by atoms with E-state index in [4.69, 9.17) is 0 Å². The second-order valence-corrected chi connectivity index (χ2v) is 6.85. The smallest absolute Gasteiger partial charge is 0.325 e. The first-order chi connectivity index (χ1) is 10.9. The second-order valence-electron chi connectivity index (χ2n) is 4.96. The van der Waals surface area contributed by atoms with Crippen LogP contribution in [0.5, 0.6) is 0 Å². The fourth-order valence-corrected chi connectivity index (χ4v) is 3.97. The third-order valence-electron chi connectivity index (χ3n) is 3.54. The number of carbonyl (C=O) groups excluding carboxylic acids is 1. The lowest BCUT2D eigenvalue weighted by molar-refractivity contribution is -0.384. The molecule has 1 atom stereocenters. The van der Waals surface area contributed by atoms with Gasteiger partial charge in [0.05, 0.1) is 16.9 Å². The predicted molar refractivity (Wildman–Crippen MR) is 80.3 cm³/mol. The summed E-state index contributed by atoms with van der Waals surface area (Å²) in [6.45, 7) is 0.894. The number of benzene rings is 1. The molecule has 0 saturated carbocycles. The van der Waals surface area contributed by atoms with E-state index in [1.165, 1.54) is 19.2 Å². The highest BCUT2D eigenvalue weighted by molar-refractivity contribution is 7.89. The fourth-order valence-electron chi connectivity index (χ4n) is 2.36. The number of nitrogens with one attached hydrogen (secondary N) is 1. The van der Waals surface area contributed by atoms with Crippen LogP contribution in [0.1, 0.15) is 6.42 Å². The number of esters is 1. The lowest BCUT2D eigenvalue weighted by Gasteiger charge is -2.26. The Morgan fingerprint density at radius 3 is 2.61 bits per heavy atom. The van der Waals surface area contributed by atoms with Crippen molar-refractivity contribution in [2.75, 3.05) is 26.7 Å². The summed E-state index contributed by atoms with van der Waals surface area (Å²) in [6, 6.07) is 3.61. The van der Waals surface area contributed by atoms with Gasteiger partial charge in [0, 0.05) is 25.2 Å². The fraction of sp³-hybridized carbons (Fsp3) is 0.462. The van der Waals surface area contributed by atoms with Crippen LogP contribution in [0.4, 0.5) is 5.69 Å². The number of ether oxygens (including phenoxy) is 1. The first-order valence-electron chi connectivity index (χ1n) is 6.93. The van der Waals surface area contributed by atoms with Gasteiger partial charge in [-0.3, -0.25) is 14.9 Å². The maximum Gasteiger partial charge on any atom is 0.325 e. The molecule has 1 aliphatic heterocycles. The molecule has 9 nitrogen and oxygen atoms in total. The van der Waals surface area contributed by atoms with Crippen LogP contribution in [0.15, 0.2) is 29.2 Å². The van der Waals surface area contributed by atoms with Crippen LogP contribution in [0.3, 0.4) is 0 Å². The van der Waals surface area contributed by atoms with E-state index in [0.29, 0.717) is 13.0 Å². The van der Waals surface area contributed by atoms with Crippen LogP contribution in [0.2, 0.25) is 0 Å². The molecule has 1 fully saturated rings. The number of nitro benzene ring substituents is 1. The largest absolute Gasteiger partial charge is 0.468 e. The standard InChI is InChI=1S/C13H17N3O6S/c1-22-13(17)12-9-14-7-2-8-15(12)23(20,21)11-5-3-10(4-6-11)16(18)19/h3-6,12,14H,2,7-9H2,1H3. The molecule has 1 saturated heterocycles. The number of hydrogen-bond donors (Lipinski definition) is 1. The molecule has 0 bridgehead atoms. The highest BCUT2D eigenvalue weighted by Crippen LogP contribution is 2.22. The minimum Gasteiger partial charge on any atom is -0.468 e. The van der Waals surface area contributed by atoms with Crippen molar-refractivity contribution in [3.05, 3.63) is 34.4 Å². The Bertz CT molecular complexity index is 688. The lowest BCUT2D eigenvalue weighted by Crippen LogP contribution is -2.48. The molecule has 1 aliphatic rings. The van der Waals surface area contributed by atoms with Gasteiger partial charge >= 0.3 is 5.97 Å². The Labute approximate surface area is 133 Å². The van der Waals surface area contributed by atoms with E-state index >= 15 is 0 Å². The van der Waals surface area contributed by atoms with Gasteiger partial charge in [-0.05, 0) is 25.1 Å². The van der Waals surface area contributed by atoms with Crippen LogP contribution in [-0.2, 0) is 19.6 Å². The van der Waals surface area contributed by atoms with Gasteiger partial charge in [-0.1, -0.05) is 0 Å². The van der Waals surface area contributed by atoms with Crippen molar-refractivity contribution < 1.29 is 22.9 Å². The molecule has 10 heteroatoms. The van der Waals surface area contributed by atoms with Gasteiger partial charge < -0.3 is 10.1 Å². The Hall–Kier alpha value is -2.04. The third kappa shape index (κ3) is 3.66. The Morgan fingerprint density at radius 2 is 2.04 bits per heavy atom. The van der Waals surface area contributed by atoms with Crippen molar-refractivity contribution in [3.63, 3.8) is 0 Å². The van der Waals surface area contributed by atoms with E-state index in [2.05, 4.69) is 10.1 Å². The van der Waals surface area contributed by atoms with Gasteiger partial charge in [-0.2, -0.15) is 4.31 Å². The van der Waals surface area contributed by atoms with Crippen molar-refractivity contribution in [2.45, 2.75) is 17.4 Å². The molecular formula is C13H17N3O6S. The number of rotatable bonds is 4. The molecule has 0 radical (unpaired) electrons. The van der Waals surface area contributed by atoms with Gasteiger partial charge in [-0.25, -0.2) is 8.42 Å². The van der Waals surface area contributed by atoms with Crippen LogP contribution in [-0.4, -0.2) is 56.4 Å². The van der Waals surface area contributed by atoms with Crippen molar-refractivity contribution in [1.29, 1.82) is 0 Å². The molecule has 1 N–H and O–H groups in total. The topological polar surface area (TPSA) is 119 Å². The molecule has 0 aromatic heterocycles. The molecule has 0 aliphatic carbocycles. The molecular weight excluding hydrogens is 326 g/mol. The lowest BCUT2D eigenvalue weighted by atomic mass is 10.3. The average Bonchev–Trinajstić information content (AvgIpc) is 2.80. The van der Waals surface area contributed by atoms with Gasteiger partial charge in [0.1, 0.15) is 6.04 Å². The summed E-state index contributed by atoms with van der Waals surface area (Å²) in [5.41, 5.74) is -0.203. The van der Waals surface area contributed by atoms with E-state index in [1.807, 2.05) is 0 Å². The van der Waals surface area contributed by atoms with Crippen molar-refractivity contribution in [2.24, 2.45) is 0 Å². The monoisotopic (exact) mass is 343 g/mol. The van der Waals surface area contributed by atoms with Gasteiger partial charge in [0.15, 0.2) is 0 Å². The summed E-state index contributed by atoms with van der Waals surface area (Å²) in [5.74, 6) is -0.648. The van der Waals surface area contributed by atoms with E-state index < -0.39 is 27.0 Å². The van der Waals surface area contributed by atoms with Crippen LogP contribution in [0.25, 0.3) is 0 Å². The first kappa shape index (κ1) is 17.3. The number of carbonyl (C=O) groups is 1. The van der Waals surface area contributed by atoms with Crippen LogP contribution >= 0.6 is 0 Å². The zero-order chi connectivity index (χ0) is 17.0. The maximum atomic E-state index is 12.8. The van der Waals surface area contributed by atoms with Gasteiger partial charge in [0.25, 0.3) is 5.69 Å². The average molecular weight is 343 g/mol. The van der Waals surface area contributed by atoms with Gasteiger partial charge in [0.2, 0.25) is 10.0 Å². The molecule has 2 rings (SSSR count). The minimum absolute atomic E-state index is 0.0982. The highest BCUT2D eigenvalue weighted by Gasteiger charge is 2.37. The van der Waals surface area contributed by atoms with E-state index in [9.17, 15) is 23.3 Å². The van der Waals surface area contributed by atoms with Crippen LogP contribution < -0.4 is 5.32 Å². The molecule has 1 aromatic carbocycles. The summed E-state index contributed by atoms with van der Waals surface area (Å²) in [6.07, 6.45) is 0.541. The summed E-state index contributed by atoms with van der Waals surface area (Å²) in [7, 11) is -2.76. The van der Waals surface area contributed by atoms with Gasteiger partial charge in [-0.15, -0.1) is 0 Å².